The monoisotopic (exact) mass is 160 g/mol. The van der Waals surface area contributed by atoms with Crippen LogP contribution in [0, 0.1) is 11.3 Å². The van der Waals surface area contributed by atoms with Crippen LogP contribution in [0.2, 0.25) is 0 Å². The summed E-state index contributed by atoms with van der Waals surface area (Å²) in [5.41, 5.74) is 8.52. The van der Waals surface area contributed by atoms with Crippen LogP contribution in [0.15, 0.2) is 41.7 Å². The van der Waals surface area contributed by atoms with Crippen LogP contribution in [0.3, 0.4) is 0 Å². The fraction of sp³-hybridized carbons (Fsp3) is 0.200. The van der Waals surface area contributed by atoms with E-state index in [1.54, 1.807) is 18.2 Å². The first-order chi connectivity index (χ1) is 5.85. The maximum absolute atomic E-state index is 8.57. The van der Waals surface area contributed by atoms with E-state index in [1.807, 2.05) is 25.1 Å². The van der Waals surface area contributed by atoms with Crippen LogP contribution in [-0.2, 0) is 0 Å². The number of nitrogens with zero attached hydrogens (tertiary/aromatic N) is 1. The van der Waals surface area contributed by atoms with Crippen molar-refractivity contribution in [3.8, 4) is 6.07 Å². The Labute approximate surface area is 73.0 Å². The van der Waals surface area contributed by atoms with Gasteiger partial charge >= 0.3 is 0 Å². The number of nitriles is 1. The first-order valence-corrected chi connectivity index (χ1v) is 3.69. The van der Waals surface area contributed by atoms with E-state index in [4.69, 9.17) is 11.0 Å². The lowest BCUT2D eigenvalue weighted by Gasteiger charge is -1.79. The topological polar surface area (TPSA) is 49.8 Å². The molecule has 62 valence electrons. The number of rotatable bonds is 3. The molecule has 0 aromatic rings. The predicted octanol–water partition coefficient (Wildman–Crippen LogP) is 1.68. The summed E-state index contributed by atoms with van der Waals surface area (Å²) in [6, 6.07) is 1.99. The summed E-state index contributed by atoms with van der Waals surface area (Å²) >= 11 is 0. The quantitative estimate of drug-likeness (QED) is 0.388. The second-order valence-corrected chi connectivity index (χ2v) is 2.00. The van der Waals surface area contributed by atoms with E-state index in [2.05, 4.69) is 5.73 Å². The highest BCUT2D eigenvalue weighted by Crippen LogP contribution is 1.90. The van der Waals surface area contributed by atoms with E-state index < -0.39 is 0 Å². The smallest absolute Gasteiger partial charge is 0.108 e. The average Bonchev–Trinajstić information content (AvgIpc) is 2.11. The van der Waals surface area contributed by atoms with Crippen molar-refractivity contribution in [1.82, 2.24) is 0 Å². The molecule has 2 heteroatoms. The average molecular weight is 160 g/mol. The fourth-order valence-electron chi connectivity index (χ4n) is 0.538. The highest BCUT2D eigenvalue weighted by Gasteiger charge is 1.81. The van der Waals surface area contributed by atoms with Gasteiger partial charge in [0, 0.05) is 6.54 Å². The zero-order chi connectivity index (χ0) is 9.23. The molecule has 0 heterocycles. The van der Waals surface area contributed by atoms with Crippen LogP contribution in [-0.4, -0.2) is 6.54 Å². The van der Waals surface area contributed by atoms with E-state index in [-0.39, 0.29) is 0 Å². The molecule has 0 spiro atoms. The SMILES string of the molecule is C/C=C\C=C=C(C#N)/C=C/CN. The van der Waals surface area contributed by atoms with Crippen LogP contribution in [0.25, 0.3) is 0 Å². The molecule has 0 saturated heterocycles. The molecule has 0 saturated carbocycles. The van der Waals surface area contributed by atoms with Crippen LogP contribution < -0.4 is 5.73 Å². The van der Waals surface area contributed by atoms with Crippen molar-refractivity contribution in [1.29, 1.82) is 5.26 Å². The van der Waals surface area contributed by atoms with Gasteiger partial charge in [-0.2, -0.15) is 5.26 Å². The minimum atomic E-state index is 0.441. The standard InChI is InChI=1S/C10H12N2/c1-2-3-4-6-10(9-12)7-5-8-11/h2-5,7H,8,11H2,1H3/b3-2-,7-5+. The van der Waals surface area contributed by atoms with Crippen LogP contribution in [0.5, 0.6) is 0 Å². The van der Waals surface area contributed by atoms with E-state index in [0.717, 1.165) is 0 Å². The molecule has 0 radical (unpaired) electrons. The summed E-state index contributed by atoms with van der Waals surface area (Å²) in [6.07, 6.45) is 8.75. The third kappa shape index (κ3) is 5.25. The highest BCUT2D eigenvalue weighted by atomic mass is 14.5. The van der Waals surface area contributed by atoms with Crippen molar-refractivity contribution in [2.75, 3.05) is 6.54 Å². The van der Waals surface area contributed by atoms with Gasteiger partial charge in [-0.05, 0) is 19.1 Å². The predicted molar refractivity (Wildman–Crippen MR) is 50.2 cm³/mol. The Morgan fingerprint density at radius 3 is 2.83 bits per heavy atom. The van der Waals surface area contributed by atoms with Crippen molar-refractivity contribution in [2.24, 2.45) is 5.73 Å². The Morgan fingerprint density at radius 1 is 1.58 bits per heavy atom. The van der Waals surface area contributed by atoms with E-state index >= 15 is 0 Å². The number of hydrogen-bond donors (Lipinski definition) is 1. The Kier molecular flexibility index (Phi) is 6.58. The summed E-state index contributed by atoms with van der Waals surface area (Å²) in [6.45, 7) is 2.34. The van der Waals surface area contributed by atoms with Gasteiger partial charge in [-0.15, -0.1) is 5.73 Å². The van der Waals surface area contributed by atoms with Crippen molar-refractivity contribution < 1.29 is 0 Å². The molecule has 0 bridgehead atoms. The Hall–Kier alpha value is -1.55. The minimum Gasteiger partial charge on any atom is -0.327 e. The molecule has 2 nitrogen and oxygen atoms in total. The molecule has 0 aliphatic carbocycles. The normalized spacial score (nSPS) is 9.75. The number of allylic oxidation sites excluding steroid dienone is 4. The van der Waals surface area contributed by atoms with Gasteiger partial charge in [0.15, 0.2) is 0 Å². The van der Waals surface area contributed by atoms with E-state index in [0.29, 0.717) is 12.1 Å². The molecule has 0 rings (SSSR count). The largest absolute Gasteiger partial charge is 0.327 e. The third-order valence-electron chi connectivity index (χ3n) is 1.07. The van der Waals surface area contributed by atoms with Gasteiger partial charge in [-0.1, -0.05) is 18.2 Å². The zero-order valence-corrected chi connectivity index (χ0v) is 7.12. The van der Waals surface area contributed by atoms with Gasteiger partial charge < -0.3 is 5.73 Å². The number of hydrogen-bond acceptors (Lipinski definition) is 2. The van der Waals surface area contributed by atoms with Crippen molar-refractivity contribution in [2.45, 2.75) is 6.92 Å². The first kappa shape index (κ1) is 10.4. The molecule has 12 heavy (non-hydrogen) atoms. The third-order valence-corrected chi connectivity index (χ3v) is 1.07. The number of nitrogens with two attached hydrogens (primary N) is 1. The van der Waals surface area contributed by atoms with Gasteiger partial charge in [0.25, 0.3) is 0 Å². The fourth-order valence-corrected chi connectivity index (χ4v) is 0.538. The molecule has 0 aliphatic rings. The van der Waals surface area contributed by atoms with Crippen LogP contribution >= 0.6 is 0 Å². The minimum absolute atomic E-state index is 0.441. The summed E-state index contributed by atoms with van der Waals surface area (Å²) in [7, 11) is 0. The lowest BCUT2D eigenvalue weighted by atomic mass is 10.3. The van der Waals surface area contributed by atoms with Crippen molar-refractivity contribution in [3.63, 3.8) is 0 Å². The van der Waals surface area contributed by atoms with Gasteiger partial charge in [0.2, 0.25) is 0 Å². The molecule has 0 aromatic heterocycles. The summed E-state index contributed by atoms with van der Waals surface area (Å²) in [5, 5.41) is 8.57. The van der Waals surface area contributed by atoms with Crippen molar-refractivity contribution >= 4 is 0 Å². The van der Waals surface area contributed by atoms with Gasteiger partial charge in [-0.3, -0.25) is 0 Å². The second-order valence-electron chi connectivity index (χ2n) is 2.00. The Morgan fingerprint density at radius 2 is 2.33 bits per heavy atom. The molecule has 2 N–H and O–H groups in total. The Bertz CT molecular complexity index is 271. The lowest BCUT2D eigenvalue weighted by molar-refractivity contribution is 1.25. The van der Waals surface area contributed by atoms with Crippen LogP contribution in [0.1, 0.15) is 6.92 Å². The molecule has 0 fully saturated rings. The lowest BCUT2D eigenvalue weighted by Crippen LogP contribution is -1.92. The van der Waals surface area contributed by atoms with Crippen LogP contribution in [0.4, 0.5) is 0 Å². The van der Waals surface area contributed by atoms with E-state index in [9.17, 15) is 0 Å². The molecule has 0 atom stereocenters. The Balaban J connectivity index is 4.46. The first-order valence-electron chi connectivity index (χ1n) is 3.69. The maximum Gasteiger partial charge on any atom is 0.108 e. The molecule has 0 amide bonds. The van der Waals surface area contributed by atoms with Gasteiger partial charge in [-0.25, -0.2) is 0 Å². The maximum atomic E-state index is 8.57. The zero-order valence-electron chi connectivity index (χ0n) is 7.12. The second kappa shape index (κ2) is 7.56. The molecular formula is C10H12N2. The van der Waals surface area contributed by atoms with Gasteiger partial charge in [0.05, 0.1) is 5.57 Å². The molecule has 0 unspecified atom stereocenters. The van der Waals surface area contributed by atoms with Gasteiger partial charge in [0.1, 0.15) is 6.07 Å². The highest BCUT2D eigenvalue weighted by molar-refractivity contribution is 5.32. The molecule has 0 aliphatic heterocycles. The summed E-state index contributed by atoms with van der Waals surface area (Å²) < 4.78 is 0. The summed E-state index contributed by atoms with van der Waals surface area (Å²) in [4.78, 5) is 0. The van der Waals surface area contributed by atoms with Crippen molar-refractivity contribution in [3.05, 3.63) is 41.7 Å². The molecule has 0 aromatic carbocycles. The summed E-state index contributed by atoms with van der Waals surface area (Å²) in [5.74, 6) is 0. The van der Waals surface area contributed by atoms with E-state index in [1.165, 1.54) is 0 Å². The molecular weight excluding hydrogens is 148 g/mol.